The Bertz CT molecular complexity index is 698. The zero-order valence-electron chi connectivity index (χ0n) is 11.3. The van der Waals surface area contributed by atoms with Crippen molar-refractivity contribution in [1.82, 2.24) is 14.8 Å². The molecule has 1 N–H and O–H groups in total. The molecule has 0 aliphatic rings. The molecule has 0 atom stereocenters. The first kappa shape index (κ1) is 14.9. The lowest BCUT2D eigenvalue weighted by Crippen LogP contribution is -2.13. The molecule has 0 bridgehead atoms. The van der Waals surface area contributed by atoms with E-state index in [4.69, 9.17) is 11.6 Å². The van der Waals surface area contributed by atoms with E-state index in [1.54, 1.807) is 10.9 Å². The van der Waals surface area contributed by atoms with Crippen molar-refractivity contribution in [1.29, 1.82) is 0 Å². The predicted molar refractivity (Wildman–Crippen MR) is 76.5 cm³/mol. The van der Waals surface area contributed by atoms with Crippen LogP contribution in [0.15, 0.2) is 24.7 Å². The summed E-state index contributed by atoms with van der Waals surface area (Å²) in [6.45, 7) is 3.89. The molecule has 0 fully saturated rings. The number of rotatable bonds is 4. The number of anilines is 1. The molecule has 1 amide bonds. The topological polar surface area (TPSA) is 103 Å². The van der Waals surface area contributed by atoms with Gasteiger partial charge in [0, 0.05) is 18.3 Å². The summed E-state index contributed by atoms with van der Waals surface area (Å²) < 4.78 is 1.67. The van der Waals surface area contributed by atoms with E-state index in [0.717, 1.165) is 12.3 Å². The summed E-state index contributed by atoms with van der Waals surface area (Å²) in [5, 5.41) is 17.2. The summed E-state index contributed by atoms with van der Waals surface area (Å²) in [5.74, 6) is -0.584. The van der Waals surface area contributed by atoms with Gasteiger partial charge in [-0.3, -0.25) is 19.6 Å². The van der Waals surface area contributed by atoms with Crippen molar-refractivity contribution in [3.63, 3.8) is 0 Å². The highest BCUT2D eigenvalue weighted by Gasteiger charge is 2.17. The third kappa shape index (κ3) is 3.34. The van der Waals surface area contributed by atoms with Crippen LogP contribution in [0.25, 0.3) is 0 Å². The second kappa shape index (κ2) is 5.88. The number of amides is 1. The number of carbonyl (C=O) groups is 1. The molecule has 0 saturated heterocycles. The van der Waals surface area contributed by atoms with Crippen LogP contribution in [0.4, 0.5) is 11.4 Å². The fourth-order valence-electron chi connectivity index (χ4n) is 1.58. The van der Waals surface area contributed by atoms with Crippen LogP contribution in [0.1, 0.15) is 30.2 Å². The van der Waals surface area contributed by atoms with Crippen LogP contribution in [0.2, 0.25) is 5.15 Å². The van der Waals surface area contributed by atoms with E-state index in [-0.39, 0.29) is 22.4 Å². The minimum Gasteiger partial charge on any atom is -0.319 e. The van der Waals surface area contributed by atoms with E-state index >= 15 is 0 Å². The van der Waals surface area contributed by atoms with Gasteiger partial charge in [0.2, 0.25) is 0 Å². The number of nitrogens with zero attached hydrogens (tertiary/aromatic N) is 4. The van der Waals surface area contributed by atoms with Crippen LogP contribution in [0.3, 0.4) is 0 Å². The van der Waals surface area contributed by atoms with Gasteiger partial charge in [0.25, 0.3) is 11.6 Å². The Morgan fingerprint density at radius 1 is 1.48 bits per heavy atom. The second-order valence-corrected chi connectivity index (χ2v) is 4.90. The molecule has 0 unspecified atom stereocenters. The zero-order chi connectivity index (χ0) is 15.6. The summed E-state index contributed by atoms with van der Waals surface area (Å²) in [6.07, 6.45) is 4.13. The van der Waals surface area contributed by atoms with Crippen molar-refractivity contribution in [2.24, 2.45) is 0 Å². The number of nitro groups is 1. The van der Waals surface area contributed by atoms with Gasteiger partial charge in [0.1, 0.15) is 11.3 Å². The Labute approximate surface area is 124 Å². The van der Waals surface area contributed by atoms with Crippen molar-refractivity contribution in [3.05, 3.63) is 45.5 Å². The van der Waals surface area contributed by atoms with E-state index < -0.39 is 10.8 Å². The number of carbonyl (C=O) groups excluding carboxylic acids is 1. The average Bonchev–Trinajstić information content (AvgIpc) is 2.87. The molecule has 0 saturated carbocycles. The molecule has 9 heteroatoms. The molecule has 0 aliphatic carbocycles. The summed E-state index contributed by atoms with van der Waals surface area (Å²) >= 11 is 5.80. The van der Waals surface area contributed by atoms with Crippen molar-refractivity contribution in [2.75, 3.05) is 5.32 Å². The number of pyridine rings is 1. The van der Waals surface area contributed by atoms with Gasteiger partial charge in [-0.25, -0.2) is 4.98 Å². The monoisotopic (exact) mass is 309 g/mol. The van der Waals surface area contributed by atoms with Gasteiger partial charge in [-0.2, -0.15) is 5.10 Å². The van der Waals surface area contributed by atoms with Crippen molar-refractivity contribution in [2.45, 2.75) is 19.9 Å². The van der Waals surface area contributed by atoms with Crippen molar-refractivity contribution < 1.29 is 9.72 Å². The van der Waals surface area contributed by atoms with Crippen LogP contribution < -0.4 is 5.32 Å². The Hall–Kier alpha value is -2.48. The Morgan fingerprint density at radius 2 is 2.19 bits per heavy atom. The average molecular weight is 310 g/mol. The molecule has 2 rings (SSSR count). The lowest BCUT2D eigenvalue weighted by molar-refractivity contribution is -0.385. The normalized spacial score (nSPS) is 10.7. The second-order valence-electron chi connectivity index (χ2n) is 4.55. The Balaban J connectivity index is 2.23. The predicted octanol–water partition coefficient (Wildman–Crippen LogP) is 2.67. The third-order valence-corrected chi connectivity index (χ3v) is 2.97. The summed E-state index contributed by atoms with van der Waals surface area (Å²) in [7, 11) is 0. The fourth-order valence-corrected chi connectivity index (χ4v) is 1.77. The van der Waals surface area contributed by atoms with Gasteiger partial charge in [-0.15, -0.1) is 0 Å². The molecule has 0 aliphatic heterocycles. The molecular weight excluding hydrogens is 298 g/mol. The van der Waals surface area contributed by atoms with Gasteiger partial charge in [0.05, 0.1) is 22.4 Å². The van der Waals surface area contributed by atoms with E-state index in [1.807, 2.05) is 13.8 Å². The van der Waals surface area contributed by atoms with Gasteiger partial charge in [-0.05, 0) is 13.8 Å². The third-order valence-electron chi connectivity index (χ3n) is 2.67. The van der Waals surface area contributed by atoms with Crippen LogP contribution in [0, 0.1) is 10.1 Å². The molecular formula is C12H12ClN5O3. The quantitative estimate of drug-likeness (QED) is 0.531. The van der Waals surface area contributed by atoms with Crippen LogP contribution >= 0.6 is 11.6 Å². The molecule has 2 aromatic heterocycles. The number of hydrogen-bond acceptors (Lipinski definition) is 5. The standard InChI is InChI=1S/C12H12ClN5O3/c1-7(2)17-6-8(4-15-17)16-12(19)10-3-9(18(20)21)5-14-11(10)13/h3-7H,1-2H3,(H,16,19). The largest absolute Gasteiger partial charge is 0.319 e. The number of aromatic nitrogens is 3. The smallest absolute Gasteiger partial charge is 0.288 e. The molecule has 8 nitrogen and oxygen atoms in total. The maximum atomic E-state index is 12.1. The summed E-state index contributed by atoms with van der Waals surface area (Å²) in [6, 6.07) is 1.23. The zero-order valence-corrected chi connectivity index (χ0v) is 12.0. The van der Waals surface area contributed by atoms with Crippen LogP contribution in [0.5, 0.6) is 0 Å². The molecule has 21 heavy (non-hydrogen) atoms. The van der Waals surface area contributed by atoms with Gasteiger partial charge < -0.3 is 5.32 Å². The fraction of sp³-hybridized carbons (Fsp3) is 0.250. The van der Waals surface area contributed by atoms with Gasteiger partial charge in [0.15, 0.2) is 0 Å². The van der Waals surface area contributed by atoms with E-state index in [1.165, 1.54) is 6.20 Å². The highest BCUT2D eigenvalue weighted by atomic mass is 35.5. The van der Waals surface area contributed by atoms with E-state index in [9.17, 15) is 14.9 Å². The molecule has 2 aromatic rings. The first-order valence-corrected chi connectivity index (χ1v) is 6.41. The Morgan fingerprint density at radius 3 is 2.76 bits per heavy atom. The van der Waals surface area contributed by atoms with Gasteiger partial charge >= 0.3 is 0 Å². The van der Waals surface area contributed by atoms with E-state index in [2.05, 4.69) is 15.4 Å². The SMILES string of the molecule is CC(C)n1cc(NC(=O)c2cc([N+](=O)[O-])cnc2Cl)cn1. The Kier molecular flexibility index (Phi) is 4.18. The van der Waals surface area contributed by atoms with Crippen molar-refractivity contribution >= 4 is 28.9 Å². The molecule has 0 aromatic carbocycles. The number of hydrogen-bond donors (Lipinski definition) is 1. The first-order chi connectivity index (χ1) is 9.88. The minimum absolute atomic E-state index is 0.0665. The number of nitrogens with one attached hydrogen (secondary N) is 1. The lowest BCUT2D eigenvalue weighted by atomic mass is 10.2. The minimum atomic E-state index is -0.642. The number of halogens is 1. The van der Waals surface area contributed by atoms with Gasteiger partial charge in [-0.1, -0.05) is 11.6 Å². The first-order valence-electron chi connectivity index (χ1n) is 6.04. The molecule has 2 heterocycles. The van der Waals surface area contributed by atoms with Crippen LogP contribution in [-0.2, 0) is 0 Å². The molecule has 110 valence electrons. The molecule has 0 spiro atoms. The molecule has 0 radical (unpaired) electrons. The van der Waals surface area contributed by atoms with Crippen LogP contribution in [-0.4, -0.2) is 25.6 Å². The van der Waals surface area contributed by atoms with E-state index in [0.29, 0.717) is 5.69 Å². The summed E-state index contributed by atoms with van der Waals surface area (Å²) in [5.41, 5.74) is 0.0989. The highest BCUT2D eigenvalue weighted by Crippen LogP contribution is 2.20. The maximum Gasteiger partial charge on any atom is 0.288 e. The highest BCUT2D eigenvalue weighted by molar-refractivity contribution is 6.33. The van der Waals surface area contributed by atoms with Crippen molar-refractivity contribution in [3.8, 4) is 0 Å². The lowest BCUT2D eigenvalue weighted by Gasteiger charge is -2.05. The maximum absolute atomic E-state index is 12.1. The summed E-state index contributed by atoms with van der Waals surface area (Å²) in [4.78, 5) is 25.8.